The lowest BCUT2D eigenvalue weighted by Crippen LogP contribution is -2.60. The van der Waals surface area contributed by atoms with Crippen molar-refractivity contribution in [3.8, 4) is 11.5 Å². The Balaban J connectivity index is 1.68. The lowest BCUT2D eigenvalue weighted by atomic mass is 9.99. The third-order valence-electron chi connectivity index (χ3n) is 4.64. The van der Waals surface area contributed by atoms with Crippen molar-refractivity contribution in [2.75, 3.05) is 6.61 Å². The number of esters is 1. The van der Waals surface area contributed by atoms with Gasteiger partial charge in [0.1, 0.15) is 30.2 Å². The largest absolute Gasteiger partial charge is 0.508 e. The number of ether oxygens (including phenoxy) is 3. The molecule has 11 nitrogen and oxygen atoms in total. The molecule has 0 saturated carbocycles. The molecule has 0 aliphatic carbocycles. The van der Waals surface area contributed by atoms with E-state index in [0.29, 0.717) is 5.56 Å². The molecule has 0 amide bonds. The topological polar surface area (TPSA) is 176 Å². The molecule has 5 N–H and O–H groups in total. The van der Waals surface area contributed by atoms with Crippen molar-refractivity contribution >= 4 is 12.0 Å². The van der Waals surface area contributed by atoms with Gasteiger partial charge in [0.25, 0.3) is 0 Å². The van der Waals surface area contributed by atoms with Gasteiger partial charge in [-0.1, -0.05) is 12.1 Å². The lowest BCUT2D eigenvalue weighted by molar-refractivity contribution is -0.278. The lowest BCUT2D eigenvalue weighted by Gasteiger charge is -2.39. The number of aliphatic hydroxyl groups excluding tert-OH is 4. The van der Waals surface area contributed by atoms with Gasteiger partial charge in [-0.05, 0) is 23.8 Å². The first-order valence-corrected chi connectivity index (χ1v) is 9.52. The minimum absolute atomic E-state index is 0.0794. The first-order chi connectivity index (χ1) is 15.3. The Bertz CT molecular complexity index is 996. The third kappa shape index (κ3) is 5.52. The SMILES string of the molecule is O=C(C=Cc1ccc(O)cc1)OCc1occc(=O)c1O[C@H]1O[C@H](CO)[C@H](O)[C@H](O)[C@H]1O. The zero-order valence-electron chi connectivity index (χ0n) is 16.6. The molecule has 1 saturated heterocycles. The molecule has 0 bridgehead atoms. The maximum atomic E-state index is 12.2. The highest BCUT2D eigenvalue weighted by Crippen LogP contribution is 2.25. The fourth-order valence-corrected chi connectivity index (χ4v) is 2.88. The molecule has 11 heteroatoms. The van der Waals surface area contributed by atoms with Crippen LogP contribution in [0.25, 0.3) is 6.08 Å². The summed E-state index contributed by atoms with van der Waals surface area (Å²) in [4.78, 5) is 24.2. The highest BCUT2D eigenvalue weighted by Gasteiger charge is 2.45. The zero-order valence-corrected chi connectivity index (χ0v) is 16.6. The van der Waals surface area contributed by atoms with Crippen molar-refractivity contribution in [3.05, 3.63) is 64.2 Å². The number of carbonyl (C=O) groups excluding carboxylic acids is 1. The van der Waals surface area contributed by atoms with Gasteiger partial charge in [0, 0.05) is 12.1 Å². The van der Waals surface area contributed by atoms with Gasteiger partial charge in [0.05, 0.1) is 12.9 Å². The number of aromatic hydroxyl groups is 1. The molecule has 5 atom stereocenters. The van der Waals surface area contributed by atoms with E-state index < -0.39 is 61.1 Å². The van der Waals surface area contributed by atoms with Crippen LogP contribution in [0.4, 0.5) is 0 Å². The molecule has 0 spiro atoms. The summed E-state index contributed by atoms with van der Waals surface area (Å²) in [6.07, 6.45) is -4.25. The molecule has 0 radical (unpaired) electrons. The molecule has 1 fully saturated rings. The second-order valence-electron chi connectivity index (χ2n) is 6.88. The number of aliphatic hydroxyl groups is 4. The Labute approximate surface area is 181 Å². The maximum absolute atomic E-state index is 12.2. The summed E-state index contributed by atoms with van der Waals surface area (Å²) < 4.78 is 20.8. The molecule has 1 aromatic carbocycles. The van der Waals surface area contributed by atoms with E-state index >= 15 is 0 Å². The molecule has 32 heavy (non-hydrogen) atoms. The van der Waals surface area contributed by atoms with Crippen molar-refractivity contribution in [1.82, 2.24) is 0 Å². The van der Waals surface area contributed by atoms with Crippen LogP contribution in [0.1, 0.15) is 11.3 Å². The second kappa shape index (κ2) is 10.4. The van der Waals surface area contributed by atoms with Gasteiger partial charge >= 0.3 is 5.97 Å². The summed E-state index contributed by atoms with van der Waals surface area (Å²) in [6, 6.07) is 7.09. The molecule has 1 aliphatic heterocycles. The summed E-state index contributed by atoms with van der Waals surface area (Å²) in [5.74, 6) is -1.31. The summed E-state index contributed by atoms with van der Waals surface area (Å²) in [5.41, 5.74) is -0.0449. The first kappa shape index (κ1) is 23.4. The van der Waals surface area contributed by atoms with E-state index in [1.807, 2.05) is 0 Å². The fourth-order valence-electron chi connectivity index (χ4n) is 2.88. The fraction of sp³-hybridized carbons (Fsp3) is 0.333. The number of phenols is 1. The number of hydrogen-bond donors (Lipinski definition) is 5. The molecule has 172 valence electrons. The van der Waals surface area contributed by atoms with Gasteiger partial charge in [-0.25, -0.2) is 4.79 Å². The number of rotatable bonds is 7. The highest BCUT2D eigenvalue weighted by atomic mass is 16.7. The van der Waals surface area contributed by atoms with E-state index in [9.17, 15) is 35.1 Å². The van der Waals surface area contributed by atoms with Crippen LogP contribution in [0.3, 0.4) is 0 Å². The van der Waals surface area contributed by atoms with Crippen LogP contribution in [0.2, 0.25) is 0 Å². The Morgan fingerprint density at radius 3 is 2.47 bits per heavy atom. The molecule has 1 aromatic heterocycles. The zero-order chi connectivity index (χ0) is 23.3. The van der Waals surface area contributed by atoms with Gasteiger partial charge in [-0.15, -0.1) is 0 Å². The van der Waals surface area contributed by atoms with E-state index in [0.717, 1.165) is 18.4 Å². The van der Waals surface area contributed by atoms with Crippen molar-refractivity contribution in [1.29, 1.82) is 0 Å². The quantitative estimate of drug-likeness (QED) is 0.266. The maximum Gasteiger partial charge on any atom is 0.331 e. The predicted octanol–water partition coefficient (Wildman–Crippen LogP) is -0.719. The minimum Gasteiger partial charge on any atom is -0.508 e. The van der Waals surface area contributed by atoms with Crippen LogP contribution in [-0.4, -0.2) is 68.8 Å². The molecule has 0 unspecified atom stereocenters. The average molecular weight is 450 g/mol. The Kier molecular flexibility index (Phi) is 7.62. The summed E-state index contributed by atoms with van der Waals surface area (Å²) >= 11 is 0. The van der Waals surface area contributed by atoms with Crippen molar-refractivity contribution in [2.24, 2.45) is 0 Å². The van der Waals surface area contributed by atoms with E-state index in [4.69, 9.17) is 18.6 Å². The second-order valence-corrected chi connectivity index (χ2v) is 6.88. The third-order valence-corrected chi connectivity index (χ3v) is 4.64. The number of carbonyl (C=O) groups is 1. The Morgan fingerprint density at radius 2 is 1.78 bits per heavy atom. The molecule has 3 rings (SSSR count). The van der Waals surface area contributed by atoms with Gasteiger partial charge in [0.15, 0.2) is 12.4 Å². The summed E-state index contributed by atoms with van der Waals surface area (Å²) in [7, 11) is 0. The molecular formula is C21H22O11. The summed E-state index contributed by atoms with van der Waals surface area (Å²) in [5, 5.41) is 48.3. The van der Waals surface area contributed by atoms with Gasteiger partial charge in [-0.2, -0.15) is 0 Å². The normalized spacial score (nSPS) is 25.6. The van der Waals surface area contributed by atoms with Gasteiger partial charge in [-0.3, -0.25) is 4.79 Å². The van der Waals surface area contributed by atoms with Crippen LogP contribution in [0.5, 0.6) is 11.5 Å². The Hall–Kier alpha value is -3.22. The highest BCUT2D eigenvalue weighted by molar-refractivity contribution is 5.87. The van der Waals surface area contributed by atoms with Crippen molar-refractivity contribution < 1.29 is 49.0 Å². The number of phenolic OH excluding ortho intramolecular Hbond substituents is 1. The van der Waals surface area contributed by atoms with Crippen molar-refractivity contribution in [3.63, 3.8) is 0 Å². The van der Waals surface area contributed by atoms with Crippen molar-refractivity contribution in [2.45, 2.75) is 37.3 Å². The standard InChI is InChI=1S/C21H22O11/c22-9-14-17(26)18(27)19(28)21(31-14)32-20-13(24)7-8-29-15(20)10-30-16(25)6-3-11-1-4-12(23)5-2-11/h1-8,14,17-19,21-23,26-28H,9-10H2/t14-,17+,18+,19-,21-/m1/s1. The predicted molar refractivity (Wildman–Crippen MR) is 106 cm³/mol. The van der Waals surface area contributed by atoms with Crippen LogP contribution in [0.15, 0.2) is 51.9 Å². The monoisotopic (exact) mass is 450 g/mol. The van der Waals surface area contributed by atoms with Crippen LogP contribution in [0, 0.1) is 0 Å². The van der Waals surface area contributed by atoms with E-state index in [2.05, 4.69) is 0 Å². The number of benzene rings is 1. The average Bonchev–Trinajstić information content (AvgIpc) is 2.79. The van der Waals surface area contributed by atoms with E-state index in [1.54, 1.807) is 12.1 Å². The first-order valence-electron chi connectivity index (χ1n) is 9.52. The van der Waals surface area contributed by atoms with Gasteiger partial charge < -0.3 is 44.2 Å². The number of hydrogen-bond acceptors (Lipinski definition) is 11. The van der Waals surface area contributed by atoms with Crippen LogP contribution < -0.4 is 10.2 Å². The van der Waals surface area contributed by atoms with E-state index in [-0.39, 0.29) is 11.5 Å². The molecule has 2 aromatic rings. The van der Waals surface area contributed by atoms with Crippen LogP contribution in [-0.2, 0) is 20.9 Å². The van der Waals surface area contributed by atoms with Gasteiger partial charge in [0.2, 0.25) is 17.5 Å². The minimum atomic E-state index is -1.74. The van der Waals surface area contributed by atoms with E-state index in [1.165, 1.54) is 18.2 Å². The Morgan fingerprint density at radius 1 is 1.06 bits per heavy atom. The smallest absolute Gasteiger partial charge is 0.331 e. The molecule has 2 heterocycles. The van der Waals surface area contributed by atoms with Crippen LogP contribution >= 0.6 is 0 Å². The summed E-state index contributed by atoms with van der Waals surface area (Å²) in [6.45, 7) is -1.17. The molecule has 1 aliphatic rings. The molecular weight excluding hydrogens is 428 g/mol.